The summed E-state index contributed by atoms with van der Waals surface area (Å²) in [6.07, 6.45) is 0.732. The lowest BCUT2D eigenvalue weighted by atomic mass is 10.0. The molecule has 6 nitrogen and oxygen atoms in total. The molecule has 7 heteroatoms. The van der Waals surface area contributed by atoms with Gasteiger partial charge in [-0.1, -0.05) is 13.8 Å². The number of nitrogens with two attached hydrogens (primary N) is 1. The van der Waals surface area contributed by atoms with Gasteiger partial charge in [0.1, 0.15) is 5.56 Å². The first-order valence-corrected chi connectivity index (χ1v) is 6.26. The largest absolute Gasteiger partial charge is 0.396 e. The highest BCUT2D eigenvalue weighted by atomic mass is 19.1. The van der Waals surface area contributed by atoms with E-state index in [9.17, 15) is 19.3 Å². The number of nitro benzene ring substituents is 1. The van der Waals surface area contributed by atoms with E-state index in [0.717, 1.165) is 12.5 Å². The molecule has 110 valence electrons. The summed E-state index contributed by atoms with van der Waals surface area (Å²) in [4.78, 5) is 22.1. The highest BCUT2D eigenvalue weighted by Gasteiger charge is 2.24. The summed E-state index contributed by atoms with van der Waals surface area (Å²) >= 11 is 0. The van der Waals surface area contributed by atoms with Crippen molar-refractivity contribution in [3.63, 3.8) is 0 Å². The fourth-order valence-corrected chi connectivity index (χ4v) is 1.98. The van der Waals surface area contributed by atoms with Gasteiger partial charge in [-0.2, -0.15) is 0 Å². The molecule has 0 aromatic heterocycles. The van der Waals surface area contributed by atoms with Crippen LogP contribution < -0.4 is 11.1 Å². The minimum absolute atomic E-state index is 0.145. The van der Waals surface area contributed by atoms with Crippen LogP contribution in [-0.2, 0) is 0 Å². The van der Waals surface area contributed by atoms with Crippen molar-refractivity contribution in [3.05, 3.63) is 33.6 Å². The lowest BCUT2D eigenvalue weighted by molar-refractivity contribution is -0.385. The smallest absolute Gasteiger partial charge is 0.285 e. The van der Waals surface area contributed by atoms with Gasteiger partial charge in [0.25, 0.3) is 11.6 Å². The molecular weight excluding hydrogens is 265 g/mol. The molecule has 0 bridgehead atoms. The van der Waals surface area contributed by atoms with Crippen LogP contribution in [0.4, 0.5) is 15.8 Å². The highest BCUT2D eigenvalue weighted by Crippen LogP contribution is 2.24. The van der Waals surface area contributed by atoms with Crippen LogP contribution >= 0.6 is 0 Å². The second kappa shape index (κ2) is 6.31. The minimum Gasteiger partial charge on any atom is -0.396 e. The molecule has 0 aliphatic rings. The van der Waals surface area contributed by atoms with Crippen molar-refractivity contribution in [2.24, 2.45) is 5.92 Å². The van der Waals surface area contributed by atoms with Crippen molar-refractivity contribution >= 4 is 17.3 Å². The molecule has 0 aliphatic heterocycles. The number of amides is 1. The third-order valence-electron chi connectivity index (χ3n) is 2.76. The summed E-state index contributed by atoms with van der Waals surface area (Å²) in [5.41, 5.74) is 4.24. The van der Waals surface area contributed by atoms with Gasteiger partial charge in [0, 0.05) is 6.04 Å². The number of nitrogen functional groups attached to an aromatic ring is 1. The zero-order valence-electron chi connectivity index (χ0n) is 11.6. The van der Waals surface area contributed by atoms with Crippen molar-refractivity contribution < 1.29 is 14.1 Å². The molecule has 0 radical (unpaired) electrons. The number of benzene rings is 1. The number of rotatable bonds is 5. The normalized spacial score (nSPS) is 12.2. The fraction of sp³-hybridized carbons (Fsp3) is 0.462. The van der Waals surface area contributed by atoms with E-state index in [4.69, 9.17) is 5.73 Å². The maximum atomic E-state index is 13.3. The van der Waals surface area contributed by atoms with Gasteiger partial charge in [0.05, 0.1) is 16.7 Å². The molecule has 3 N–H and O–H groups in total. The van der Waals surface area contributed by atoms with E-state index in [1.165, 1.54) is 0 Å². The molecule has 0 aliphatic carbocycles. The molecular formula is C13H18FN3O3. The third kappa shape index (κ3) is 3.91. The van der Waals surface area contributed by atoms with Crippen LogP contribution in [0.2, 0.25) is 0 Å². The summed E-state index contributed by atoms with van der Waals surface area (Å²) in [6, 6.07) is 1.51. The molecule has 0 saturated heterocycles. The third-order valence-corrected chi connectivity index (χ3v) is 2.76. The Labute approximate surface area is 116 Å². The summed E-state index contributed by atoms with van der Waals surface area (Å²) < 4.78 is 13.3. The van der Waals surface area contributed by atoms with Crippen LogP contribution in [0, 0.1) is 21.8 Å². The van der Waals surface area contributed by atoms with E-state index >= 15 is 0 Å². The summed E-state index contributed by atoms with van der Waals surface area (Å²) in [6.45, 7) is 5.80. The zero-order valence-corrected chi connectivity index (χ0v) is 11.6. The highest BCUT2D eigenvalue weighted by molar-refractivity contribution is 5.99. The summed E-state index contributed by atoms with van der Waals surface area (Å²) in [5, 5.41) is 13.5. The van der Waals surface area contributed by atoms with Gasteiger partial charge < -0.3 is 11.1 Å². The molecule has 0 saturated carbocycles. The SMILES string of the molecule is CC(C)CC(C)NC(=O)c1cc(N)c(F)cc1[N+](=O)[O-]. The Morgan fingerprint density at radius 2 is 2.05 bits per heavy atom. The second-order valence-corrected chi connectivity index (χ2v) is 5.15. The Hall–Kier alpha value is -2.18. The average Bonchev–Trinajstić information content (AvgIpc) is 2.30. The maximum Gasteiger partial charge on any atom is 0.285 e. The van der Waals surface area contributed by atoms with E-state index in [1.807, 2.05) is 13.8 Å². The second-order valence-electron chi connectivity index (χ2n) is 5.15. The van der Waals surface area contributed by atoms with E-state index < -0.39 is 22.3 Å². The van der Waals surface area contributed by atoms with Crippen LogP contribution in [0.25, 0.3) is 0 Å². The predicted octanol–water partition coefficient (Wildman–Crippen LogP) is 2.48. The van der Waals surface area contributed by atoms with Gasteiger partial charge in [0.2, 0.25) is 0 Å². The molecule has 1 rings (SSSR count). The van der Waals surface area contributed by atoms with E-state index in [-0.39, 0.29) is 17.3 Å². The quantitative estimate of drug-likeness (QED) is 0.492. The van der Waals surface area contributed by atoms with Gasteiger partial charge in [-0.3, -0.25) is 14.9 Å². The van der Waals surface area contributed by atoms with Crippen molar-refractivity contribution in [1.29, 1.82) is 0 Å². The standard InChI is InChI=1S/C13H18FN3O3/c1-7(2)4-8(3)16-13(18)9-5-11(15)10(14)6-12(9)17(19)20/h5-8H,4,15H2,1-3H3,(H,16,18). The zero-order chi connectivity index (χ0) is 15.4. The fourth-order valence-electron chi connectivity index (χ4n) is 1.98. The van der Waals surface area contributed by atoms with Crippen molar-refractivity contribution in [3.8, 4) is 0 Å². The molecule has 1 aromatic carbocycles. The van der Waals surface area contributed by atoms with Gasteiger partial charge >= 0.3 is 0 Å². The van der Waals surface area contributed by atoms with Crippen LogP contribution in [0.3, 0.4) is 0 Å². The van der Waals surface area contributed by atoms with E-state index in [0.29, 0.717) is 12.0 Å². The van der Waals surface area contributed by atoms with Crippen LogP contribution in [0.1, 0.15) is 37.6 Å². The van der Waals surface area contributed by atoms with E-state index in [1.54, 1.807) is 6.92 Å². The predicted molar refractivity (Wildman–Crippen MR) is 73.9 cm³/mol. The topological polar surface area (TPSA) is 98.3 Å². The molecule has 1 atom stereocenters. The monoisotopic (exact) mass is 283 g/mol. The summed E-state index contributed by atoms with van der Waals surface area (Å²) in [7, 11) is 0. The minimum atomic E-state index is -0.913. The first-order valence-electron chi connectivity index (χ1n) is 6.26. The molecule has 0 spiro atoms. The first-order chi connectivity index (χ1) is 9.22. The molecule has 0 heterocycles. The lowest BCUT2D eigenvalue weighted by Crippen LogP contribution is -2.34. The molecule has 20 heavy (non-hydrogen) atoms. The van der Waals surface area contributed by atoms with E-state index in [2.05, 4.69) is 5.32 Å². The molecule has 1 aromatic rings. The maximum absolute atomic E-state index is 13.3. The van der Waals surface area contributed by atoms with Crippen LogP contribution in [0.5, 0.6) is 0 Å². The number of nitrogens with zero attached hydrogens (tertiary/aromatic N) is 1. The average molecular weight is 283 g/mol. The Bertz CT molecular complexity index is 532. The van der Waals surface area contributed by atoms with Gasteiger partial charge in [-0.25, -0.2) is 4.39 Å². The van der Waals surface area contributed by atoms with Crippen molar-refractivity contribution in [2.45, 2.75) is 33.2 Å². The van der Waals surface area contributed by atoms with Crippen molar-refractivity contribution in [2.75, 3.05) is 5.73 Å². The summed E-state index contributed by atoms with van der Waals surface area (Å²) in [5.74, 6) is -1.17. The first kappa shape index (κ1) is 15.9. The number of nitrogens with one attached hydrogen (secondary N) is 1. The number of hydrogen-bond donors (Lipinski definition) is 2. The Morgan fingerprint density at radius 1 is 1.45 bits per heavy atom. The number of hydrogen-bond acceptors (Lipinski definition) is 4. The lowest BCUT2D eigenvalue weighted by Gasteiger charge is -2.16. The number of carbonyl (C=O) groups excluding carboxylic acids is 1. The molecule has 1 unspecified atom stereocenters. The Balaban J connectivity index is 3.03. The Kier molecular flexibility index (Phi) is 5.01. The number of halogens is 1. The Morgan fingerprint density at radius 3 is 2.55 bits per heavy atom. The van der Waals surface area contributed by atoms with Crippen LogP contribution in [0.15, 0.2) is 12.1 Å². The van der Waals surface area contributed by atoms with Crippen molar-refractivity contribution in [1.82, 2.24) is 5.32 Å². The van der Waals surface area contributed by atoms with Gasteiger partial charge in [-0.05, 0) is 25.3 Å². The van der Waals surface area contributed by atoms with Gasteiger partial charge in [0.15, 0.2) is 5.82 Å². The number of nitro groups is 1. The molecule has 1 amide bonds. The number of anilines is 1. The number of carbonyl (C=O) groups is 1. The van der Waals surface area contributed by atoms with Crippen LogP contribution in [-0.4, -0.2) is 16.9 Å². The van der Waals surface area contributed by atoms with Gasteiger partial charge in [-0.15, -0.1) is 0 Å². The molecule has 0 fully saturated rings.